The van der Waals surface area contributed by atoms with E-state index in [1.807, 2.05) is 24.3 Å². The zero-order valence-electron chi connectivity index (χ0n) is 17.6. The number of aliphatic hydroxyl groups is 1. The van der Waals surface area contributed by atoms with Crippen molar-refractivity contribution < 1.29 is 14.6 Å². The number of hydrogen-bond donors (Lipinski definition) is 3. The Labute approximate surface area is 191 Å². The number of hydrogen-bond acceptors (Lipinski definition) is 5. The van der Waals surface area contributed by atoms with Gasteiger partial charge in [-0.25, -0.2) is 0 Å². The summed E-state index contributed by atoms with van der Waals surface area (Å²) in [5.41, 5.74) is 0.146. The molecule has 8 heteroatoms. The molecule has 1 saturated heterocycles. The lowest BCUT2D eigenvalue weighted by Crippen LogP contribution is -2.45. The van der Waals surface area contributed by atoms with E-state index in [2.05, 4.69) is 15.2 Å². The minimum Gasteiger partial charge on any atom is -0.490 e. The van der Waals surface area contributed by atoms with Gasteiger partial charge in [0.2, 0.25) is 0 Å². The summed E-state index contributed by atoms with van der Waals surface area (Å²) in [6.45, 7) is 2.23. The minimum atomic E-state index is -0.693. The van der Waals surface area contributed by atoms with E-state index in [4.69, 9.17) is 16.3 Å². The first kappa shape index (κ1) is 22.3. The summed E-state index contributed by atoms with van der Waals surface area (Å²) < 4.78 is 6.01. The number of aromatic amines is 1. The number of nitrogens with zero attached hydrogens (tertiary/aromatic N) is 1. The number of H-pyrrole nitrogens is 1. The van der Waals surface area contributed by atoms with Gasteiger partial charge in [-0.1, -0.05) is 29.8 Å². The Morgan fingerprint density at radius 1 is 1.16 bits per heavy atom. The highest BCUT2D eigenvalue weighted by atomic mass is 35.5. The Hall–Kier alpha value is -2.87. The van der Waals surface area contributed by atoms with Crippen LogP contribution in [0.5, 0.6) is 5.75 Å². The van der Waals surface area contributed by atoms with Crippen LogP contribution in [0.4, 0.5) is 0 Å². The van der Waals surface area contributed by atoms with Crippen LogP contribution in [0, 0.1) is 0 Å². The lowest BCUT2D eigenvalue weighted by atomic mass is 10.1. The van der Waals surface area contributed by atoms with Crippen LogP contribution in [0.1, 0.15) is 23.2 Å². The largest absolute Gasteiger partial charge is 0.490 e. The zero-order chi connectivity index (χ0) is 22.5. The Balaban J connectivity index is 1.24. The lowest BCUT2D eigenvalue weighted by Gasteiger charge is -2.33. The Morgan fingerprint density at radius 2 is 1.84 bits per heavy atom. The molecule has 1 aromatic heterocycles. The average molecular weight is 456 g/mol. The molecule has 1 aliphatic heterocycles. The Kier molecular flexibility index (Phi) is 7.09. The lowest BCUT2D eigenvalue weighted by molar-refractivity contribution is 0.0594. The van der Waals surface area contributed by atoms with Crippen molar-refractivity contribution in [3.8, 4) is 5.75 Å². The molecule has 1 amide bonds. The summed E-state index contributed by atoms with van der Waals surface area (Å²) in [6.07, 6.45) is 2.59. The second kappa shape index (κ2) is 10.2. The highest BCUT2D eigenvalue weighted by Gasteiger charge is 2.22. The van der Waals surface area contributed by atoms with Crippen LogP contribution in [-0.4, -0.2) is 59.3 Å². The fourth-order valence-electron chi connectivity index (χ4n) is 3.98. The van der Waals surface area contributed by atoms with Gasteiger partial charge < -0.3 is 25.0 Å². The second-order valence-electron chi connectivity index (χ2n) is 8.01. The summed E-state index contributed by atoms with van der Waals surface area (Å²) in [5, 5.41) is 14.9. The molecule has 0 spiro atoms. The number of amides is 1. The third-order valence-electron chi connectivity index (χ3n) is 5.67. The number of pyridine rings is 1. The SMILES string of the molecule is O=C(NC[C@@H](O)CN1CCC(Oc2ccc(Cl)cc2)CC1)c1c[nH]c(=O)c2ccccc12. The number of piperidine rings is 1. The first-order chi connectivity index (χ1) is 15.5. The number of benzene rings is 2. The summed E-state index contributed by atoms with van der Waals surface area (Å²) in [4.78, 5) is 29.3. The summed E-state index contributed by atoms with van der Waals surface area (Å²) in [5.74, 6) is 0.483. The molecule has 1 fully saturated rings. The van der Waals surface area contributed by atoms with Crippen LogP contribution in [0.25, 0.3) is 10.8 Å². The number of halogens is 1. The molecule has 0 aliphatic carbocycles. The Bertz CT molecular complexity index is 1120. The monoisotopic (exact) mass is 455 g/mol. The molecule has 2 aromatic carbocycles. The maximum Gasteiger partial charge on any atom is 0.255 e. The van der Waals surface area contributed by atoms with Gasteiger partial charge in [0.1, 0.15) is 11.9 Å². The number of carbonyl (C=O) groups is 1. The molecule has 7 nitrogen and oxygen atoms in total. The van der Waals surface area contributed by atoms with Crippen LogP contribution in [-0.2, 0) is 0 Å². The summed E-state index contributed by atoms with van der Waals surface area (Å²) in [7, 11) is 0. The molecule has 32 heavy (non-hydrogen) atoms. The van der Waals surface area contributed by atoms with E-state index < -0.39 is 6.10 Å². The maximum absolute atomic E-state index is 12.6. The van der Waals surface area contributed by atoms with Crippen molar-refractivity contribution in [3.05, 3.63) is 75.7 Å². The normalized spacial score (nSPS) is 16.1. The molecule has 0 unspecified atom stereocenters. The molecule has 168 valence electrons. The molecular formula is C24H26ClN3O4. The van der Waals surface area contributed by atoms with E-state index in [1.54, 1.807) is 24.3 Å². The summed E-state index contributed by atoms with van der Waals surface area (Å²) >= 11 is 5.91. The van der Waals surface area contributed by atoms with E-state index in [0.717, 1.165) is 31.7 Å². The van der Waals surface area contributed by atoms with Gasteiger partial charge >= 0.3 is 0 Å². The molecule has 0 bridgehead atoms. The van der Waals surface area contributed by atoms with Gasteiger partial charge in [0.25, 0.3) is 11.5 Å². The van der Waals surface area contributed by atoms with Crippen molar-refractivity contribution in [3.63, 3.8) is 0 Å². The molecule has 1 atom stereocenters. The molecular weight excluding hydrogens is 430 g/mol. The predicted octanol–water partition coefficient (Wildman–Crippen LogP) is 2.82. The van der Waals surface area contributed by atoms with Crippen LogP contribution in [0.15, 0.2) is 59.5 Å². The fraction of sp³-hybridized carbons (Fsp3) is 0.333. The van der Waals surface area contributed by atoms with Gasteiger partial charge in [0.15, 0.2) is 0 Å². The van der Waals surface area contributed by atoms with E-state index in [0.29, 0.717) is 27.9 Å². The number of ether oxygens (including phenoxy) is 1. The van der Waals surface area contributed by atoms with Gasteiger partial charge in [-0.3, -0.25) is 9.59 Å². The number of aliphatic hydroxyl groups excluding tert-OH is 1. The van der Waals surface area contributed by atoms with Crippen molar-refractivity contribution in [1.29, 1.82) is 0 Å². The van der Waals surface area contributed by atoms with Crippen LogP contribution < -0.4 is 15.6 Å². The van der Waals surface area contributed by atoms with Crippen molar-refractivity contribution in [2.75, 3.05) is 26.2 Å². The van der Waals surface area contributed by atoms with Crippen molar-refractivity contribution in [1.82, 2.24) is 15.2 Å². The smallest absolute Gasteiger partial charge is 0.255 e. The Morgan fingerprint density at radius 3 is 2.56 bits per heavy atom. The van der Waals surface area contributed by atoms with E-state index in [-0.39, 0.29) is 24.1 Å². The zero-order valence-corrected chi connectivity index (χ0v) is 18.3. The van der Waals surface area contributed by atoms with E-state index >= 15 is 0 Å². The molecule has 0 saturated carbocycles. The minimum absolute atomic E-state index is 0.132. The number of aromatic nitrogens is 1. The maximum atomic E-state index is 12.6. The van der Waals surface area contributed by atoms with E-state index in [9.17, 15) is 14.7 Å². The first-order valence-electron chi connectivity index (χ1n) is 10.7. The van der Waals surface area contributed by atoms with Crippen LogP contribution >= 0.6 is 11.6 Å². The molecule has 0 radical (unpaired) electrons. The quantitative estimate of drug-likeness (QED) is 0.509. The van der Waals surface area contributed by atoms with Gasteiger partial charge in [-0.2, -0.15) is 0 Å². The van der Waals surface area contributed by atoms with Gasteiger partial charge in [-0.15, -0.1) is 0 Å². The third kappa shape index (κ3) is 5.48. The first-order valence-corrected chi connectivity index (χ1v) is 11.1. The number of likely N-dealkylation sites (tertiary alicyclic amines) is 1. The molecule has 3 aromatic rings. The highest BCUT2D eigenvalue weighted by molar-refractivity contribution is 6.30. The number of fused-ring (bicyclic) bond motifs is 1. The van der Waals surface area contributed by atoms with Gasteiger partial charge in [0, 0.05) is 48.2 Å². The van der Waals surface area contributed by atoms with Crippen LogP contribution in [0.2, 0.25) is 5.02 Å². The third-order valence-corrected chi connectivity index (χ3v) is 5.92. The standard InChI is InChI=1S/C24H26ClN3O4/c25-16-5-7-18(8-6-16)32-19-9-11-28(12-10-19)15-17(29)13-26-24(31)22-14-27-23(30)21-4-2-1-3-20(21)22/h1-8,14,17,19,29H,9-13,15H2,(H,26,31)(H,27,30)/t17-/m1/s1. The molecule has 1 aliphatic rings. The van der Waals surface area contributed by atoms with Gasteiger partial charge in [-0.05, 0) is 43.2 Å². The van der Waals surface area contributed by atoms with Crippen LogP contribution in [0.3, 0.4) is 0 Å². The molecule has 3 N–H and O–H groups in total. The number of nitrogens with one attached hydrogen (secondary N) is 2. The average Bonchev–Trinajstić information content (AvgIpc) is 2.81. The molecule has 4 rings (SSSR count). The van der Waals surface area contributed by atoms with Crippen molar-refractivity contribution in [2.24, 2.45) is 0 Å². The molecule has 2 heterocycles. The van der Waals surface area contributed by atoms with Gasteiger partial charge in [0.05, 0.1) is 11.7 Å². The number of rotatable bonds is 7. The topological polar surface area (TPSA) is 94.7 Å². The van der Waals surface area contributed by atoms with Crippen molar-refractivity contribution in [2.45, 2.75) is 25.0 Å². The predicted molar refractivity (Wildman–Crippen MR) is 124 cm³/mol. The fourth-order valence-corrected chi connectivity index (χ4v) is 4.11. The second-order valence-corrected chi connectivity index (χ2v) is 8.45. The highest BCUT2D eigenvalue weighted by Crippen LogP contribution is 2.21. The number of carbonyl (C=O) groups excluding carboxylic acids is 1. The summed E-state index contributed by atoms with van der Waals surface area (Å²) in [6, 6.07) is 14.3. The van der Waals surface area contributed by atoms with Crippen molar-refractivity contribution >= 4 is 28.3 Å². The number of β-amino-alcohol motifs (C(OH)–C–C–N with tert-alkyl or cyclic N) is 1. The van der Waals surface area contributed by atoms with E-state index in [1.165, 1.54) is 6.20 Å².